The van der Waals surface area contributed by atoms with E-state index in [0.717, 1.165) is 24.3 Å². The molecular formula is C19H26N2O2. The van der Waals surface area contributed by atoms with Crippen LogP contribution in [0.5, 0.6) is 11.5 Å². The third kappa shape index (κ3) is 5.89. The molecule has 0 amide bonds. The molecule has 0 saturated heterocycles. The Morgan fingerprint density at radius 3 is 2.13 bits per heavy atom. The normalized spacial score (nSPS) is 10.5. The van der Waals surface area contributed by atoms with Crippen LogP contribution in [0.15, 0.2) is 36.7 Å². The molecular weight excluding hydrogens is 288 g/mol. The summed E-state index contributed by atoms with van der Waals surface area (Å²) in [4.78, 5) is 8.57. The Labute approximate surface area is 138 Å². The Balaban J connectivity index is 1.75. The monoisotopic (exact) mass is 314 g/mol. The van der Waals surface area contributed by atoms with Gasteiger partial charge in [0.25, 0.3) is 0 Å². The van der Waals surface area contributed by atoms with Gasteiger partial charge in [0.05, 0.1) is 26.1 Å². The lowest BCUT2D eigenvalue weighted by atomic mass is 10.1. The summed E-state index contributed by atoms with van der Waals surface area (Å²) in [6, 6.07) is 7.91. The van der Waals surface area contributed by atoms with Gasteiger partial charge in [0.2, 0.25) is 0 Å². The number of aromatic nitrogens is 2. The summed E-state index contributed by atoms with van der Waals surface area (Å²) in [5.41, 5.74) is 0.972. The van der Waals surface area contributed by atoms with Crippen LogP contribution < -0.4 is 9.47 Å². The molecule has 0 spiro atoms. The maximum atomic E-state index is 5.78. The van der Waals surface area contributed by atoms with Crippen molar-refractivity contribution < 1.29 is 9.47 Å². The summed E-state index contributed by atoms with van der Waals surface area (Å²) < 4.78 is 10.8. The van der Waals surface area contributed by atoms with Crippen molar-refractivity contribution in [1.29, 1.82) is 0 Å². The molecule has 0 aliphatic rings. The predicted molar refractivity (Wildman–Crippen MR) is 92.9 cm³/mol. The van der Waals surface area contributed by atoms with Crippen molar-refractivity contribution in [2.75, 3.05) is 13.7 Å². The van der Waals surface area contributed by atoms with Crippen LogP contribution in [0, 0.1) is 0 Å². The second-order valence-electron chi connectivity index (χ2n) is 5.59. The number of rotatable bonds is 10. The lowest BCUT2D eigenvalue weighted by Gasteiger charge is -2.07. The fourth-order valence-corrected chi connectivity index (χ4v) is 2.34. The second-order valence-corrected chi connectivity index (χ2v) is 5.59. The molecule has 0 atom stereocenters. The van der Waals surface area contributed by atoms with Gasteiger partial charge in [-0.25, -0.2) is 9.97 Å². The van der Waals surface area contributed by atoms with Gasteiger partial charge in [0.1, 0.15) is 5.75 Å². The number of methoxy groups -OCH3 is 1. The van der Waals surface area contributed by atoms with Crippen molar-refractivity contribution in [3.63, 3.8) is 0 Å². The maximum Gasteiger partial charge on any atom is 0.159 e. The van der Waals surface area contributed by atoms with Crippen molar-refractivity contribution in [3.05, 3.63) is 36.7 Å². The van der Waals surface area contributed by atoms with E-state index >= 15 is 0 Å². The Morgan fingerprint density at radius 1 is 0.826 bits per heavy atom. The Hall–Kier alpha value is -2.10. The van der Waals surface area contributed by atoms with Gasteiger partial charge in [-0.05, 0) is 30.7 Å². The Bertz CT molecular complexity index is 553. The van der Waals surface area contributed by atoms with Crippen LogP contribution in [-0.4, -0.2) is 23.7 Å². The summed E-state index contributed by atoms with van der Waals surface area (Å²) >= 11 is 0. The lowest BCUT2D eigenvalue weighted by molar-refractivity contribution is 0.304. The second kappa shape index (κ2) is 9.82. The van der Waals surface area contributed by atoms with Gasteiger partial charge >= 0.3 is 0 Å². The first-order valence-corrected chi connectivity index (χ1v) is 8.42. The molecule has 23 heavy (non-hydrogen) atoms. The molecule has 4 heteroatoms. The summed E-state index contributed by atoms with van der Waals surface area (Å²) in [5.74, 6) is 2.25. The van der Waals surface area contributed by atoms with Crippen LogP contribution in [-0.2, 0) is 0 Å². The lowest BCUT2D eigenvalue weighted by Crippen LogP contribution is -1.97. The molecule has 0 N–H and O–H groups in total. The summed E-state index contributed by atoms with van der Waals surface area (Å²) in [5, 5.41) is 0. The largest absolute Gasteiger partial charge is 0.494 e. The van der Waals surface area contributed by atoms with E-state index in [1.807, 2.05) is 24.3 Å². The zero-order valence-electron chi connectivity index (χ0n) is 14.1. The van der Waals surface area contributed by atoms with Gasteiger partial charge < -0.3 is 9.47 Å². The molecule has 0 fully saturated rings. The molecule has 1 aromatic heterocycles. The van der Waals surface area contributed by atoms with Gasteiger partial charge in [0, 0.05) is 5.56 Å². The Morgan fingerprint density at radius 2 is 1.48 bits per heavy atom. The summed E-state index contributed by atoms with van der Waals surface area (Å²) in [6.07, 6.45) is 11.0. The average Bonchev–Trinajstić information content (AvgIpc) is 2.61. The fraction of sp³-hybridized carbons (Fsp3) is 0.474. The first-order valence-electron chi connectivity index (χ1n) is 8.42. The SMILES string of the molecule is CCCCCCCCOc1ccc(-c2ncc(OC)cn2)cc1. The van der Waals surface area contributed by atoms with Crippen LogP contribution in [0.1, 0.15) is 45.4 Å². The van der Waals surface area contributed by atoms with E-state index in [1.54, 1.807) is 19.5 Å². The number of nitrogens with zero attached hydrogens (tertiary/aromatic N) is 2. The van der Waals surface area contributed by atoms with Crippen LogP contribution in [0.3, 0.4) is 0 Å². The van der Waals surface area contributed by atoms with Gasteiger partial charge in [-0.3, -0.25) is 0 Å². The third-order valence-electron chi connectivity index (χ3n) is 3.74. The van der Waals surface area contributed by atoms with Gasteiger partial charge in [-0.2, -0.15) is 0 Å². The smallest absolute Gasteiger partial charge is 0.159 e. The average molecular weight is 314 g/mol. The highest BCUT2D eigenvalue weighted by Crippen LogP contribution is 2.20. The van der Waals surface area contributed by atoms with E-state index in [0.29, 0.717) is 11.6 Å². The molecule has 0 saturated carbocycles. The summed E-state index contributed by atoms with van der Waals surface area (Å²) in [6.45, 7) is 3.02. The zero-order valence-corrected chi connectivity index (χ0v) is 14.1. The van der Waals surface area contributed by atoms with Crippen LogP contribution in [0.4, 0.5) is 0 Å². The first kappa shape index (κ1) is 17.3. The molecule has 2 rings (SSSR count). The van der Waals surface area contributed by atoms with Gasteiger partial charge in [0.15, 0.2) is 11.6 Å². The molecule has 0 unspecified atom stereocenters. The Kier molecular flexibility index (Phi) is 7.37. The fourth-order valence-electron chi connectivity index (χ4n) is 2.34. The minimum Gasteiger partial charge on any atom is -0.494 e. The van der Waals surface area contributed by atoms with E-state index in [9.17, 15) is 0 Å². The number of hydrogen-bond donors (Lipinski definition) is 0. The maximum absolute atomic E-state index is 5.78. The molecule has 4 nitrogen and oxygen atoms in total. The van der Waals surface area contributed by atoms with Gasteiger partial charge in [-0.15, -0.1) is 0 Å². The molecule has 124 valence electrons. The molecule has 1 aromatic carbocycles. The number of unbranched alkanes of at least 4 members (excludes halogenated alkanes) is 5. The standard InChI is InChI=1S/C19H26N2O2/c1-3-4-5-6-7-8-13-23-17-11-9-16(10-12-17)19-20-14-18(22-2)15-21-19/h9-12,14-15H,3-8,13H2,1-2H3. The van der Waals surface area contributed by atoms with Crippen LogP contribution in [0.2, 0.25) is 0 Å². The van der Waals surface area contributed by atoms with Crippen molar-refractivity contribution in [2.45, 2.75) is 45.4 Å². The molecule has 0 bridgehead atoms. The van der Waals surface area contributed by atoms with E-state index in [1.165, 1.54) is 32.1 Å². The molecule has 0 aliphatic carbocycles. The zero-order chi connectivity index (χ0) is 16.3. The predicted octanol–water partition coefficient (Wildman–Crippen LogP) is 4.89. The number of hydrogen-bond acceptors (Lipinski definition) is 4. The van der Waals surface area contributed by atoms with E-state index < -0.39 is 0 Å². The van der Waals surface area contributed by atoms with Crippen molar-refractivity contribution in [2.24, 2.45) is 0 Å². The van der Waals surface area contributed by atoms with E-state index in [-0.39, 0.29) is 0 Å². The van der Waals surface area contributed by atoms with Crippen LogP contribution in [0.25, 0.3) is 11.4 Å². The van der Waals surface area contributed by atoms with E-state index in [4.69, 9.17) is 9.47 Å². The number of ether oxygens (including phenoxy) is 2. The highest BCUT2D eigenvalue weighted by Gasteiger charge is 2.02. The van der Waals surface area contributed by atoms with Crippen molar-refractivity contribution >= 4 is 0 Å². The molecule has 1 heterocycles. The van der Waals surface area contributed by atoms with Gasteiger partial charge in [-0.1, -0.05) is 39.0 Å². The minimum atomic E-state index is 0.660. The van der Waals surface area contributed by atoms with E-state index in [2.05, 4.69) is 16.9 Å². The van der Waals surface area contributed by atoms with Crippen molar-refractivity contribution in [1.82, 2.24) is 9.97 Å². The topological polar surface area (TPSA) is 44.2 Å². The first-order chi connectivity index (χ1) is 11.3. The quantitative estimate of drug-likeness (QED) is 0.586. The summed E-state index contributed by atoms with van der Waals surface area (Å²) in [7, 11) is 1.61. The minimum absolute atomic E-state index is 0.660. The molecule has 0 radical (unpaired) electrons. The number of benzene rings is 1. The van der Waals surface area contributed by atoms with Crippen molar-refractivity contribution in [3.8, 4) is 22.9 Å². The molecule has 2 aromatic rings. The highest BCUT2D eigenvalue weighted by molar-refractivity contribution is 5.56. The molecule has 0 aliphatic heterocycles. The third-order valence-corrected chi connectivity index (χ3v) is 3.74. The highest BCUT2D eigenvalue weighted by atomic mass is 16.5. The van der Waals surface area contributed by atoms with Crippen LogP contribution >= 0.6 is 0 Å².